The van der Waals surface area contributed by atoms with E-state index in [0.29, 0.717) is 11.6 Å². The molecule has 6 heteroatoms. The number of rotatable bonds is 5. The molecule has 0 aliphatic carbocycles. The van der Waals surface area contributed by atoms with Gasteiger partial charge in [-0.05, 0) is 90.6 Å². The van der Waals surface area contributed by atoms with Gasteiger partial charge in [-0.3, -0.25) is 9.55 Å². The van der Waals surface area contributed by atoms with Gasteiger partial charge in [0.05, 0.1) is 22.8 Å². The molecule has 0 atom stereocenters. The summed E-state index contributed by atoms with van der Waals surface area (Å²) in [6.45, 7) is 10.9. The summed E-state index contributed by atoms with van der Waals surface area (Å²) < 4.78 is 15.3. The van der Waals surface area contributed by atoms with Crippen LogP contribution in [0, 0.1) is 13.8 Å². The van der Waals surface area contributed by atoms with E-state index in [1.165, 1.54) is 16.7 Å². The first kappa shape index (κ1) is 29.5. The third-order valence-electron chi connectivity index (χ3n) is 8.93. The van der Waals surface area contributed by atoms with Crippen molar-refractivity contribution in [2.24, 2.45) is 0 Å². The van der Waals surface area contributed by atoms with Crippen molar-refractivity contribution in [2.45, 2.75) is 40.0 Å². The lowest BCUT2D eigenvalue weighted by Crippen LogP contribution is -2.18. The number of aromatic nitrogens is 3. The van der Waals surface area contributed by atoms with Crippen molar-refractivity contribution in [3.63, 3.8) is 0 Å². The minimum Gasteiger partial charge on any atom is -0.457 e. The van der Waals surface area contributed by atoms with Crippen LogP contribution in [-0.4, -0.2) is 14.5 Å². The van der Waals surface area contributed by atoms with Crippen LogP contribution >= 0.6 is 0 Å². The summed E-state index contributed by atoms with van der Waals surface area (Å²) in [7, 11) is 0. The number of fused-ring (bicyclic) bond motifs is 4. The monoisotopic (exact) mass is 628 g/mol. The number of benzene rings is 4. The molecule has 0 N–H and O–H groups in total. The van der Waals surface area contributed by atoms with Gasteiger partial charge < -0.3 is 14.4 Å². The topological polar surface area (TPSA) is 52.4 Å². The molecule has 0 spiro atoms. The van der Waals surface area contributed by atoms with Gasteiger partial charge in [0.2, 0.25) is 5.88 Å². The quantitative estimate of drug-likeness (QED) is 0.190. The van der Waals surface area contributed by atoms with Crippen molar-refractivity contribution in [1.82, 2.24) is 14.5 Å². The fourth-order valence-corrected chi connectivity index (χ4v) is 6.52. The summed E-state index contributed by atoms with van der Waals surface area (Å²) in [6.07, 6.45) is 3.79. The third kappa shape index (κ3) is 5.06. The second-order valence-electron chi connectivity index (χ2n) is 13.3. The standard InChI is InChI=1S/C42H36N4O2/c1-27-12-8-13-28(2)38(27)46-36-19-6-7-20-37(36)48-41-39(46)34-18-11-23-43-40(34)45(41)31-15-10-17-33(25-31)47-32-16-9-14-29(24-32)35-22-21-30(26-44-35)42(3,4)5/h6-26H,1-5H3. The lowest BCUT2D eigenvalue weighted by Gasteiger charge is -2.33. The van der Waals surface area contributed by atoms with Gasteiger partial charge in [0.15, 0.2) is 5.75 Å². The molecule has 6 nitrogen and oxygen atoms in total. The number of hydrogen-bond acceptors (Lipinski definition) is 5. The molecule has 3 aromatic heterocycles. The lowest BCUT2D eigenvalue weighted by atomic mass is 9.88. The first-order chi connectivity index (χ1) is 23.3. The van der Waals surface area contributed by atoms with Crippen LogP contribution in [0.15, 0.2) is 128 Å². The molecule has 0 radical (unpaired) electrons. The average molecular weight is 629 g/mol. The van der Waals surface area contributed by atoms with Crippen LogP contribution in [0.2, 0.25) is 0 Å². The van der Waals surface area contributed by atoms with E-state index in [1.807, 2.05) is 67.0 Å². The summed E-state index contributed by atoms with van der Waals surface area (Å²) in [6, 6.07) is 39.1. The average Bonchev–Trinajstić information content (AvgIpc) is 3.41. The molecule has 0 saturated heterocycles. The Balaban J connectivity index is 1.22. The van der Waals surface area contributed by atoms with E-state index in [1.54, 1.807) is 0 Å². The highest BCUT2D eigenvalue weighted by molar-refractivity contribution is 6.04. The molecule has 48 heavy (non-hydrogen) atoms. The minimum atomic E-state index is 0.0491. The number of pyridine rings is 2. The van der Waals surface area contributed by atoms with Crippen LogP contribution < -0.4 is 14.4 Å². The van der Waals surface area contributed by atoms with Crippen LogP contribution in [0.25, 0.3) is 28.0 Å². The molecule has 0 bridgehead atoms. The van der Waals surface area contributed by atoms with Crippen molar-refractivity contribution in [3.8, 4) is 40.1 Å². The predicted octanol–water partition coefficient (Wildman–Crippen LogP) is 11.4. The molecule has 1 aliphatic rings. The summed E-state index contributed by atoms with van der Waals surface area (Å²) in [4.78, 5) is 12.0. The van der Waals surface area contributed by atoms with Crippen molar-refractivity contribution in [3.05, 3.63) is 144 Å². The molecule has 4 heterocycles. The van der Waals surface area contributed by atoms with Crippen molar-refractivity contribution < 1.29 is 9.47 Å². The molecule has 0 amide bonds. The van der Waals surface area contributed by atoms with Crippen LogP contribution in [0.3, 0.4) is 0 Å². The molecule has 7 aromatic rings. The molecule has 0 unspecified atom stereocenters. The number of nitrogens with zero attached hydrogens (tertiary/aromatic N) is 4. The molecule has 0 fully saturated rings. The van der Waals surface area contributed by atoms with Gasteiger partial charge in [-0.2, -0.15) is 0 Å². The van der Waals surface area contributed by atoms with Gasteiger partial charge in [0.25, 0.3) is 0 Å². The van der Waals surface area contributed by atoms with Gasteiger partial charge in [-0.1, -0.05) is 75.4 Å². The normalized spacial score (nSPS) is 12.4. The minimum absolute atomic E-state index is 0.0491. The number of aryl methyl sites for hydroxylation is 2. The lowest BCUT2D eigenvalue weighted by molar-refractivity contribution is 0.449. The zero-order chi connectivity index (χ0) is 33.0. The van der Waals surface area contributed by atoms with E-state index >= 15 is 0 Å². The van der Waals surface area contributed by atoms with Crippen LogP contribution in [0.1, 0.15) is 37.5 Å². The highest BCUT2D eigenvalue weighted by Crippen LogP contribution is 2.56. The van der Waals surface area contributed by atoms with Crippen LogP contribution in [-0.2, 0) is 5.41 Å². The summed E-state index contributed by atoms with van der Waals surface area (Å²) in [5.74, 6) is 2.92. The predicted molar refractivity (Wildman–Crippen MR) is 194 cm³/mol. The Morgan fingerprint density at radius 2 is 1.44 bits per heavy atom. The van der Waals surface area contributed by atoms with E-state index in [4.69, 9.17) is 19.4 Å². The van der Waals surface area contributed by atoms with Crippen molar-refractivity contribution in [1.29, 1.82) is 0 Å². The largest absolute Gasteiger partial charge is 0.457 e. The first-order valence-corrected chi connectivity index (χ1v) is 16.2. The van der Waals surface area contributed by atoms with Gasteiger partial charge in [0.1, 0.15) is 22.8 Å². The Morgan fingerprint density at radius 3 is 2.21 bits per heavy atom. The van der Waals surface area contributed by atoms with Gasteiger partial charge >= 0.3 is 0 Å². The van der Waals surface area contributed by atoms with E-state index in [0.717, 1.165) is 56.5 Å². The van der Waals surface area contributed by atoms with E-state index in [-0.39, 0.29) is 5.41 Å². The number of ether oxygens (including phenoxy) is 2. The maximum atomic E-state index is 6.77. The van der Waals surface area contributed by atoms with E-state index < -0.39 is 0 Å². The Hall–Kier alpha value is -5.88. The van der Waals surface area contributed by atoms with Crippen LogP contribution in [0.5, 0.6) is 23.1 Å². The van der Waals surface area contributed by atoms with Crippen molar-refractivity contribution in [2.75, 3.05) is 4.90 Å². The highest BCUT2D eigenvalue weighted by Gasteiger charge is 2.34. The highest BCUT2D eigenvalue weighted by atomic mass is 16.5. The molecule has 8 rings (SSSR count). The summed E-state index contributed by atoms with van der Waals surface area (Å²) in [5.41, 5.74) is 10.3. The van der Waals surface area contributed by atoms with Crippen molar-refractivity contribution >= 4 is 28.1 Å². The smallest absolute Gasteiger partial charge is 0.231 e. The molecule has 236 valence electrons. The maximum absolute atomic E-state index is 6.77. The summed E-state index contributed by atoms with van der Waals surface area (Å²) >= 11 is 0. The molecule has 4 aromatic carbocycles. The van der Waals surface area contributed by atoms with Gasteiger partial charge in [-0.15, -0.1) is 0 Å². The maximum Gasteiger partial charge on any atom is 0.231 e. The van der Waals surface area contributed by atoms with Crippen LogP contribution in [0.4, 0.5) is 17.1 Å². The number of para-hydroxylation sites is 3. The number of anilines is 3. The second-order valence-corrected chi connectivity index (χ2v) is 13.3. The molecule has 0 saturated carbocycles. The zero-order valence-electron chi connectivity index (χ0n) is 27.7. The third-order valence-corrected chi connectivity index (χ3v) is 8.93. The van der Waals surface area contributed by atoms with Gasteiger partial charge in [0, 0.05) is 29.4 Å². The summed E-state index contributed by atoms with van der Waals surface area (Å²) in [5, 5.41) is 0.994. The fraction of sp³-hybridized carbons (Fsp3) is 0.143. The Kier molecular flexibility index (Phi) is 7.02. The Labute approximate surface area is 280 Å². The molecular formula is C42H36N4O2. The van der Waals surface area contributed by atoms with Gasteiger partial charge in [-0.25, -0.2) is 4.98 Å². The second kappa shape index (κ2) is 11.4. The Bertz CT molecular complexity index is 2290. The fourth-order valence-electron chi connectivity index (χ4n) is 6.52. The number of hydrogen-bond donors (Lipinski definition) is 0. The molecular weight excluding hydrogens is 592 g/mol. The Morgan fingerprint density at radius 1 is 0.688 bits per heavy atom. The zero-order valence-corrected chi connectivity index (χ0v) is 27.7. The first-order valence-electron chi connectivity index (χ1n) is 16.2. The van der Waals surface area contributed by atoms with E-state index in [9.17, 15) is 0 Å². The SMILES string of the molecule is Cc1cccc(C)c1N1c2ccccc2Oc2c1c1cccnc1n2-c1cccc(Oc2cccc(-c3ccc(C(C)(C)C)cn3)c2)c1. The van der Waals surface area contributed by atoms with E-state index in [2.05, 4.69) is 105 Å². The molecule has 1 aliphatic heterocycles.